The van der Waals surface area contributed by atoms with E-state index in [0.29, 0.717) is 41.9 Å². The molecule has 2 N–H and O–H groups in total. The normalized spacial score (nSPS) is 22.3. The average Bonchev–Trinajstić information content (AvgIpc) is 3.44. The van der Waals surface area contributed by atoms with Crippen molar-refractivity contribution in [1.29, 1.82) is 5.26 Å². The summed E-state index contributed by atoms with van der Waals surface area (Å²) in [5.74, 6) is 2.74. The zero-order valence-electron chi connectivity index (χ0n) is 26.3. The fourth-order valence-electron chi connectivity index (χ4n) is 8.13. The standard InChI is InChI=1S/C35H36N10O2/c1-47-30-11-24(35(46)44-18-23-6-7-27(44)31(23)37)9-25-32(30)45(17-21-14-42(15-21)29-13-38-19-40-26(29)12-36)34(41-25)28-10-22-3-2-8-39-33(22)43(28)16-20-4-5-20/h2-3,8-11,13,19-21,23,27,31H,4-7,14-18,37H2,1H3/t23?,27?,31-/m1/s1. The fraction of sp³-hybridized carbons (Fsp3) is 0.429. The molecule has 47 heavy (non-hydrogen) atoms. The first-order chi connectivity index (χ1) is 23.0. The van der Waals surface area contributed by atoms with Crippen molar-refractivity contribution < 1.29 is 9.53 Å². The predicted molar refractivity (Wildman–Crippen MR) is 176 cm³/mol. The van der Waals surface area contributed by atoms with E-state index in [0.717, 1.165) is 71.7 Å². The number of anilines is 1. The Kier molecular flexibility index (Phi) is 6.47. The number of rotatable bonds is 8. The molecule has 0 radical (unpaired) electrons. The van der Waals surface area contributed by atoms with Gasteiger partial charge >= 0.3 is 0 Å². The van der Waals surface area contributed by atoms with Gasteiger partial charge in [0.25, 0.3) is 5.91 Å². The maximum absolute atomic E-state index is 13.9. The van der Waals surface area contributed by atoms with Crippen molar-refractivity contribution in [3.05, 3.63) is 60.3 Å². The molecule has 9 rings (SSSR count). The van der Waals surface area contributed by atoms with E-state index >= 15 is 0 Å². The van der Waals surface area contributed by atoms with Gasteiger partial charge in [-0.3, -0.25) is 4.79 Å². The van der Waals surface area contributed by atoms with E-state index in [-0.39, 0.29) is 23.9 Å². The number of aromatic nitrogens is 6. The average molecular weight is 629 g/mol. The number of nitrogens with zero attached hydrogens (tertiary/aromatic N) is 9. The Morgan fingerprint density at radius 1 is 1.06 bits per heavy atom. The molecule has 5 aromatic rings. The summed E-state index contributed by atoms with van der Waals surface area (Å²) in [6, 6.07) is 12.4. The van der Waals surface area contributed by atoms with Crippen molar-refractivity contribution >= 4 is 33.7 Å². The van der Waals surface area contributed by atoms with Gasteiger partial charge in [0.2, 0.25) is 0 Å². The lowest BCUT2D eigenvalue weighted by Gasteiger charge is -2.41. The predicted octanol–water partition coefficient (Wildman–Crippen LogP) is 3.83. The molecule has 238 valence electrons. The number of imidazole rings is 1. The summed E-state index contributed by atoms with van der Waals surface area (Å²) in [6.45, 7) is 3.79. The highest BCUT2D eigenvalue weighted by Gasteiger charge is 2.47. The second kappa shape index (κ2) is 10.8. The van der Waals surface area contributed by atoms with Gasteiger partial charge in [-0.15, -0.1) is 0 Å². The summed E-state index contributed by atoms with van der Waals surface area (Å²) in [5, 5.41) is 10.7. The number of hydrogen-bond donors (Lipinski definition) is 1. The Labute approximate surface area is 271 Å². The van der Waals surface area contributed by atoms with Gasteiger partial charge in [0, 0.05) is 67.9 Å². The van der Waals surface area contributed by atoms with Crippen LogP contribution in [0.2, 0.25) is 0 Å². The second-order valence-electron chi connectivity index (χ2n) is 13.7. The van der Waals surface area contributed by atoms with Gasteiger partial charge in [0.05, 0.1) is 30.2 Å². The molecule has 0 spiro atoms. The van der Waals surface area contributed by atoms with Crippen LogP contribution in [-0.2, 0) is 13.1 Å². The number of fused-ring (bicyclic) bond motifs is 4. The highest BCUT2D eigenvalue weighted by Crippen LogP contribution is 2.41. The molecule has 1 aromatic carbocycles. The summed E-state index contributed by atoms with van der Waals surface area (Å²) in [4.78, 5) is 36.4. The van der Waals surface area contributed by atoms with Crippen LogP contribution in [0.3, 0.4) is 0 Å². The Morgan fingerprint density at radius 3 is 2.66 bits per heavy atom. The molecular weight excluding hydrogens is 592 g/mol. The van der Waals surface area contributed by atoms with Gasteiger partial charge < -0.3 is 29.4 Å². The van der Waals surface area contributed by atoms with Crippen LogP contribution in [0, 0.1) is 29.1 Å². The van der Waals surface area contributed by atoms with Crippen molar-refractivity contribution in [3.8, 4) is 23.3 Å². The first-order valence-electron chi connectivity index (χ1n) is 16.5. The first kappa shape index (κ1) is 28.2. The molecular formula is C35H36N10O2. The minimum Gasteiger partial charge on any atom is -0.494 e. The molecule has 2 aliphatic carbocycles. The lowest BCUT2D eigenvalue weighted by molar-refractivity contribution is 0.0700. The maximum atomic E-state index is 13.9. The minimum atomic E-state index is -0.0102. The summed E-state index contributed by atoms with van der Waals surface area (Å²) in [5.41, 5.74) is 11.8. The van der Waals surface area contributed by atoms with Crippen molar-refractivity contribution in [2.24, 2.45) is 23.5 Å². The second-order valence-corrected chi connectivity index (χ2v) is 13.7. The lowest BCUT2D eigenvalue weighted by atomic mass is 9.98. The summed E-state index contributed by atoms with van der Waals surface area (Å²) in [7, 11) is 1.66. The zero-order chi connectivity index (χ0) is 31.8. The molecule has 3 atom stereocenters. The molecule has 4 aromatic heterocycles. The molecule has 4 fully saturated rings. The van der Waals surface area contributed by atoms with E-state index in [4.69, 9.17) is 20.4 Å². The van der Waals surface area contributed by atoms with E-state index < -0.39 is 0 Å². The maximum Gasteiger partial charge on any atom is 0.254 e. The first-order valence-corrected chi connectivity index (χ1v) is 16.5. The number of nitriles is 1. The number of methoxy groups -OCH3 is 1. The van der Waals surface area contributed by atoms with E-state index in [1.165, 1.54) is 19.2 Å². The number of amides is 1. The Morgan fingerprint density at radius 2 is 1.91 bits per heavy atom. The van der Waals surface area contributed by atoms with E-state index in [2.05, 4.69) is 42.2 Å². The third kappa shape index (κ3) is 4.55. The van der Waals surface area contributed by atoms with Crippen LogP contribution in [0.1, 0.15) is 41.7 Å². The van der Waals surface area contributed by atoms with Crippen molar-refractivity contribution in [3.63, 3.8) is 0 Å². The lowest BCUT2D eigenvalue weighted by Crippen LogP contribution is -2.49. The molecule has 2 unspecified atom stereocenters. The quantitative estimate of drug-likeness (QED) is 0.271. The number of carbonyl (C=O) groups is 1. The van der Waals surface area contributed by atoms with Crippen molar-refractivity contribution in [1.82, 2.24) is 34.0 Å². The molecule has 12 heteroatoms. The largest absolute Gasteiger partial charge is 0.494 e. The van der Waals surface area contributed by atoms with Crippen LogP contribution in [0.4, 0.5) is 5.69 Å². The SMILES string of the molecule is COc1cc(C(=O)N2CC3CCC2[C@@H]3N)cc2nc(-c3cc4cccnc4n3CC3CC3)n(CC3CN(c4cncnc4C#N)C3)c12. The third-order valence-corrected chi connectivity index (χ3v) is 10.7. The van der Waals surface area contributed by atoms with Gasteiger partial charge in [-0.05, 0) is 67.9 Å². The van der Waals surface area contributed by atoms with Crippen molar-refractivity contribution in [2.45, 2.75) is 50.9 Å². The smallest absolute Gasteiger partial charge is 0.254 e. The number of likely N-dealkylation sites (tertiary alicyclic amines) is 1. The topological polar surface area (TPSA) is 144 Å². The summed E-state index contributed by atoms with van der Waals surface area (Å²) < 4.78 is 10.6. The number of ether oxygens (including phenoxy) is 1. The Hall–Kier alpha value is -5.02. The van der Waals surface area contributed by atoms with E-state index in [1.54, 1.807) is 13.3 Å². The minimum absolute atomic E-state index is 0.0102. The fourth-order valence-corrected chi connectivity index (χ4v) is 8.13. The van der Waals surface area contributed by atoms with Crippen LogP contribution in [0.15, 0.2) is 49.1 Å². The number of piperidine rings is 1. The van der Waals surface area contributed by atoms with Gasteiger partial charge in [-0.1, -0.05) is 0 Å². The van der Waals surface area contributed by atoms with Crippen LogP contribution in [-0.4, -0.2) is 78.7 Å². The molecule has 6 heterocycles. The molecule has 1 amide bonds. The molecule has 2 saturated heterocycles. The molecule has 4 aliphatic rings. The number of benzene rings is 1. The number of hydrogen-bond acceptors (Lipinski definition) is 9. The molecule has 12 nitrogen and oxygen atoms in total. The number of nitrogens with two attached hydrogens (primary N) is 1. The van der Waals surface area contributed by atoms with Crippen LogP contribution < -0.4 is 15.4 Å². The van der Waals surface area contributed by atoms with Gasteiger partial charge in [-0.25, -0.2) is 19.9 Å². The van der Waals surface area contributed by atoms with Gasteiger partial charge in [-0.2, -0.15) is 5.26 Å². The van der Waals surface area contributed by atoms with Gasteiger partial charge in [0.1, 0.15) is 29.3 Å². The van der Waals surface area contributed by atoms with Crippen molar-refractivity contribution in [2.75, 3.05) is 31.6 Å². The van der Waals surface area contributed by atoms with Crippen LogP contribution in [0.5, 0.6) is 5.75 Å². The number of carbonyl (C=O) groups excluding carboxylic acids is 1. The molecule has 2 saturated carbocycles. The zero-order valence-corrected chi connectivity index (χ0v) is 26.3. The van der Waals surface area contributed by atoms with E-state index in [9.17, 15) is 10.1 Å². The Balaban J connectivity index is 1.14. The third-order valence-electron chi connectivity index (χ3n) is 10.7. The summed E-state index contributed by atoms with van der Waals surface area (Å²) in [6.07, 6.45) is 9.45. The highest BCUT2D eigenvalue weighted by molar-refractivity contribution is 6.00. The highest BCUT2D eigenvalue weighted by atomic mass is 16.5. The molecule has 2 aliphatic heterocycles. The summed E-state index contributed by atoms with van der Waals surface area (Å²) >= 11 is 0. The van der Waals surface area contributed by atoms with Gasteiger partial charge in [0.15, 0.2) is 11.5 Å². The molecule has 2 bridgehead atoms. The van der Waals surface area contributed by atoms with Crippen LogP contribution >= 0.6 is 0 Å². The number of pyridine rings is 1. The Bertz CT molecular complexity index is 2090. The van der Waals surface area contributed by atoms with E-state index in [1.807, 2.05) is 29.3 Å². The van der Waals surface area contributed by atoms with Crippen LogP contribution in [0.25, 0.3) is 33.6 Å². The monoisotopic (exact) mass is 628 g/mol.